The van der Waals surface area contributed by atoms with E-state index in [4.69, 9.17) is 16.3 Å². The van der Waals surface area contributed by atoms with Crippen LogP contribution in [-0.2, 0) is 9.59 Å². The number of amides is 2. The van der Waals surface area contributed by atoms with Crippen molar-refractivity contribution in [2.45, 2.75) is 19.4 Å². The van der Waals surface area contributed by atoms with Gasteiger partial charge >= 0.3 is 0 Å². The van der Waals surface area contributed by atoms with E-state index in [0.29, 0.717) is 16.6 Å². The number of nitrogens with one attached hydrogen (secondary N) is 2. The third kappa shape index (κ3) is 5.24. The molecule has 0 spiro atoms. The molecule has 126 valence electrons. The molecule has 0 saturated carbocycles. The van der Waals surface area contributed by atoms with Gasteiger partial charge in [-0.3, -0.25) is 9.59 Å². The zero-order valence-electron chi connectivity index (χ0n) is 13.4. The first kappa shape index (κ1) is 17.7. The zero-order chi connectivity index (χ0) is 17.5. The summed E-state index contributed by atoms with van der Waals surface area (Å²) < 4.78 is 5.11. The molecule has 6 nitrogen and oxygen atoms in total. The van der Waals surface area contributed by atoms with Gasteiger partial charge in [0.15, 0.2) is 0 Å². The minimum Gasteiger partial charge on any atom is -0.497 e. The van der Waals surface area contributed by atoms with Gasteiger partial charge in [-0.2, -0.15) is 0 Å². The Hall–Kier alpha value is -2.60. The lowest BCUT2D eigenvalue weighted by Gasteiger charge is -2.18. The summed E-state index contributed by atoms with van der Waals surface area (Å²) in [5.41, 5.74) is 0.810. The second-order valence-electron chi connectivity index (χ2n) is 5.14. The Morgan fingerprint density at radius 2 is 1.92 bits per heavy atom. The number of nitrogens with zero attached hydrogens (tertiary/aromatic N) is 1. The molecule has 0 saturated heterocycles. The maximum Gasteiger partial charge on any atom is 0.227 e. The van der Waals surface area contributed by atoms with Crippen molar-refractivity contribution in [3.05, 3.63) is 53.2 Å². The monoisotopic (exact) mass is 347 g/mol. The van der Waals surface area contributed by atoms with Crippen molar-refractivity contribution in [2.24, 2.45) is 0 Å². The van der Waals surface area contributed by atoms with Crippen molar-refractivity contribution in [3.8, 4) is 5.75 Å². The van der Waals surface area contributed by atoms with Crippen LogP contribution in [0.2, 0.25) is 5.02 Å². The number of methoxy groups -OCH3 is 1. The molecule has 2 aromatic rings. The van der Waals surface area contributed by atoms with E-state index in [1.54, 1.807) is 31.4 Å². The first-order valence-corrected chi connectivity index (χ1v) is 7.68. The quantitative estimate of drug-likeness (QED) is 0.841. The van der Waals surface area contributed by atoms with E-state index >= 15 is 0 Å². The summed E-state index contributed by atoms with van der Waals surface area (Å²) in [5.74, 6) is 0.628. The number of halogens is 1. The number of benzene rings is 1. The van der Waals surface area contributed by atoms with Crippen LogP contribution in [0.15, 0.2) is 42.6 Å². The Morgan fingerprint density at radius 1 is 1.21 bits per heavy atom. The summed E-state index contributed by atoms with van der Waals surface area (Å²) >= 11 is 5.76. The largest absolute Gasteiger partial charge is 0.497 e. The Bertz CT molecular complexity index is 702. The summed E-state index contributed by atoms with van der Waals surface area (Å²) in [6.07, 6.45) is 1.53. The van der Waals surface area contributed by atoms with Crippen molar-refractivity contribution in [2.75, 3.05) is 12.4 Å². The second-order valence-corrected chi connectivity index (χ2v) is 5.58. The van der Waals surface area contributed by atoms with Gasteiger partial charge in [0.2, 0.25) is 11.8 Å². The van der Waals surface area contributed by atoms with E-state index in [0.717, 1.165) is 5.56 Å². The Balaban J connectivity index is 2.08. The highest BCUT2D eigenvalue weighted by Crippen LogP contribution is 2.21. The number of hydrogen-bond acceptors (Lipinski definition) is 4. The summed E-state index contributed by atoms with van der Waals surface area (Å²) in [6.45, 7) is 1.41. The SMILES string of the molecule is COc1ccc(C(CC(=O)Nc2ccc(Cl)cn2)NC(C)=O)cc1. The third-order valence-corrected chi connectivity index (χ3v) is 3.50. The van der Waals surface area contributed by atoms with E-state index in [1.807, 2.05) is 12.1 Å². The van der Waals surface area contributed by atoms with E-state index in [-0.39, 0.29) is 18.2 Å². The first-order valence-electron chi connectivity index (χ1n) is 7.30. The van der Waals surface area contributed by atoms with Crippen LogP contribution in [0.5, 0.6) is 5.75 Å². The molecule has 0 aliphatic carbocycles. The molecule has 1 aromatic heterocycles. The van der Waals surface area contributed by atoms with E-state index in [2.05, 4.69) is 15.6 Å². The van der Waals surface area contributed by atoms with Gasteiger partial charge in [-0.1, -0.05) is 23.7 Å². The average Bonchev–Trinajstić information content (AvgIpc) is 2.56. The number of anilines is 1. The second kappa shape index (κ2) is 8.31. The highest BCUT2D eigenvalue weighted by Gasteiger charge is 2.17. The lowest BCUT2D eigenvalue weighted by Crippen LogP contribution is -2.29. The van der Waals surface area contributed by atoms with Gasteiger partial charge in [0.05, 0.1) is 24.6 Å². The number of carbonyl (C=O) groups excluding carboxylic acids is 2. The van der Waals surface area contributed by atoms with Gasteiger partial charge in [-0.05, 0) is 29.8 Å². The number of carbonyl (C=O) groups is 2. The molecule has 7 heteroatoms. The summed E-state index contributed by atoms with van der Waals surface area (Å²) in [6, 6.07) is 9.99. The molecule has 2 rings (SSSR count). The van der Waals surface area contributed by atoms with Gasteiger partial charge in [0.1, 0.15) is 11.6 Å². The zero-order valence-corrected chi connectivity index (χ0v) is 14.1. The van der Waals surface area contributed by atoms with Crippen molar-refractivity contribution in [1.82, 2.24) is 10.3 Å². The van der Waals surface area contributed by atoms with E-state index in [9.17, 15) is 9.59 Å². The number of aromatic nitrogens is 1. The molecule has 0 aliphatic heterocycles. The summed E-state index contributed by atoms with van der Waals surface area (Å²) in [7, 11) is 1.58. The van der Waals surface area contributed by atoms with Crippen molar-refractivity contribution in [1.29, 1.82) is 0 Å². The van der Waals surface area contributed by atoms with Crippen molar-refractivity contribution < 1.29 is 14.3 Å². The molecule has 1 unspecified atom stereocenters. The molecular formula is C17H18ClN3O3. The normalized spacial score (nSPS) is 11.5. The summed E-state index contributed by atoms with van der Waals surface area (Å²) in [4.78, 5) is 27.7. The fourth-order valence-electron chi connectivity index (χ4n) is 2.16. The van der Waals surface area contributed by atoms with Crippen LogP contribution in [0.25, 0.3) is 0 Å². The predicted octanol–water partition coefficient (Wildman–Crippen LogP) is 2.95. The molecule has 1 aromatic carbocycles. The molecule has 2 N–H and O–H groups in total. The topological polar surface area (TPSA) is 80.3 Å². The Kier molecular flexibility index (Phi) is 6.14. The molecule has 0 aliphatic rings. The number of pyridine rings is 1. The average molecular weight is 348 g/mol. The van der Waals surface area contributed by atoms with Crippen LogP contribution < -0.4 is 15.4 Å². The first-order chi connectivity index (χ1) is 11.5. The fourth-order valence-corrected chi connectivity index (χ4v) is 2.27. The van der Waals surface area contributed by atoms with Gasteiger partial charge in [0, 0.05) is 13.1 Å². The number of ether oxygens (including phenoxy) is 1. The highest BCUT2D eigenvalue weighted by atomic mass is 35.5. The highest BCUT2D eigenvalue weighted by molar-refractivity contribution is 6.30. The third-order valence-electron chi connectivity index (χ3n) is 3.28. The minimum absolute atomic E-state index is 0.0796. The molecule has 0 radical (unpaired) electrons. The summed E-state index contributed by atoms with van der Waals surface area (Å²) in [5, 5.41) is 5.95. The van der Waals surface area contributed by atoms with Gasteiger partial charge < -0.3 is 15.4 Å². The molecule has 0 bridgehead atoms. The van der Waals surface area contributed by atoms with Crippen LogP contribution in [-0.4, -0.2) is 23.9 Å². The van der Waals surface area contributed by atoms with Crippen LogP contribution in [0.1, 0.15) is 24.9 Å². The smallest absolute Gasteiger partial charge is 0.227 e. The van der Waals surface area contributed by atoms with E-state index < -0.39 is 6.04 Å². The molecular weight excluding hydrogens is 330 g/mol. The van der Waals surface area contributed by atoms with Gasteiger partial charge in [0.25, 0.3) is 0 Å². The van der Waals surface area contributed by atoms with Crippen molar-refractivity contribution in [3.63, 3.8) is 0 Å². The minimum atomic E-state index is -0.444. The molecule has 1 heterocycles. The Morgan fingerprint density at radius 3 is 2.46 bits per heavy atom. The lowest BCUT2D eigenvalue weighted by atomic mass is 10.0. The maximum atomic E-state index is 12.2. The molecule has 1 atom stereocenters. The molecule has 24 heavy (non-hydrogen) atoms. The fraction of sp³-hybridized carbons (Fsp3) is 0.235. The predicted molar refractivity (Wildman–Crippen MR) is 92.0 cm³/mol. The molecule has 2 amide bonds. The van der Waals surface area contributed by atoms with Crippen molar-refractivity contribution >= 4 is 29.2 Å². The van der Waals surface area contributed by atoms with Crippen LogP contribution in [0.3, 0.4) is 0 Å². The van der Waals surface area contributed by atoms with E-state index in [1.165, 1.54) is 13.1 Å². The standard InChI is InChI=1S/C17H18ClN3O3/c1-11(22)20-15(12-3-6-14(24-2)7-4-12)9-17(23)21-16-8-5-13(18)10-19-16/h3-8,10,15H,9H2,1-2H3,(H,20,22)(H,19,21,23). The van der Waals surface area contributed by atoms with Crippen LogP contribution in [0, 0.1) is 0 Å². The van der Waals surface area contributed by atoms with Crippen LogP contribution >= 0.6 is 11.6 Å². The number of hydrogen-bond donors (Lipinski definition) is 2. The molecule has 0 fully saturated rings. The maximum absolute atomic E-state index is 12.2. The van der Waals surface area contributed by atoms with Gasteiger partial charge in [-0.15, -0.1) is 0 Å². The Labute approximate surface area is 145 Å². The van der Waals surface area contributed by atoms with Gasteiger partial charge in [-0.25, -0.2) is 4.98 Å². The van der Waals surface area contributed by atoms with Crippen LogP contribution in [0.4, 0.5) is 5.82 Å². The number of rotatable bonds is 6. The lowest BCUT2D eigenvalue weighted by molar-refractivity contribution is -0.120.